The topological polar surface area (TPSA) is 110 Å². The first kappa shape index (κ1) is 30.4. The van der Waals surface area contributed by atoms with Crippen LogP contribution in [0.2, 0.25) is 0 Å². The van der Waals surface area contributed by atoms with Gasteiger partial charge in [-0.25, -0.2) is 6.57 Å². The Morgan fingerprint density at radius 1 is 1.20 bits per heavy atom. The molecule has 0 aliphatic carbocycles. The molecule has 230 valence electrons. The number of halogens is 1. The maximum Gasteiger partial charge on any atom is 0.318 e. The Morgan fingerprint density at radius 3 is 2.80 bits per heavy atom. The Morgan fingerprint density at radius 2 is 2.05 bits per heavy atom. The Hall–Kier alpha value is -3.67. The van der Waals surface area contributed by atoms with Gasteiger partial charge in [0.15, 0.2) is 0 Å². The Bertz CT molecular complexity index is 1630. The van der Waals surface area contributed by atoms with E-state index in [2.05, 4.69) is 54.8 Å². The van der Waals surface area contributed by atoms with Crippen LogP contribution in [0.1, 0.15) is 17.7 Å². The maximum absolute atomic E-state index is 12.5. The summed E-state index contributed by atoms with van der Waals surface area (Å²) in [5.74, 6) is 0.826. The van der Waals surface area contributed by atoms with E-state index in [4.69, 9.17) is 21.3 Å². The third-order valence-electron chi connectivity index (χ3n) is 8.87. The number of ether oxygens (including phenoxy) is 1. The molecule has 3 atom stereocenters. The molecule has 0 spiro atoms. The summed E-state index contributed by atoms with van der Waals surface area (Å²) in [5.41, 5.74) is 2.84. The average Bonchev–Trinajstić information content (AvgIpc) is 3.34. The van der Waals surface area contributed by atoms with Crippen molar-refractivity contribution in [3.05, 3.63) is 69.2 Å². The molecule has 1 aromatic heterocycles. The number of carbonyl (C=O) groups is 1. The van der Waals surface area contributed by atoms with Crippen molar-refractivity contribution in [1.29, 1.82) is 0 Å². The molecule has 1 unspecified atom stereocenters. The molecule has 0 saturated carbocycles. The number of fused-ring (bicyclic) bond motifs is 2. The number of hydrogen-bond donors (Lipinski definition) is 2. The van der Waals surface area contributed by atoms with Crippen molar-refractivity contribution < 1.29 is 19.7 Å². The molecule has 3 aromatic rings. The molecule has 2 fully saturated rings. The second kappa shape index (κ2) is 12.7. The fourth-order valence-corrected chi connectivity index (χ4v) is 7.44. The van der Waals surface area contributed by atoms with E-state index in [0.717, 1.165) is 37.1 Å². The van der Waals surface area contributed by atoms with Gasteiger partial charge < -0.3 is 34.5 Å². The van der Waals surface area contributed by atoms with Gasteiger partial charge in [-0.2, -0.15) is 9.97 Å². The van der Waals surface area contributed by atoms with Crippen LogP contribution in [-0.4, -0.2) is 107 Å². The molecule has 11 nitrogen and oxygen atoms in total. The SMILES string of the molecule is [C-]#[N+]C[C@H]1CN(c2nc(OC[C@@H]3CC(O)CN3C)nc3c2CCN(c2cc(O)cc4cccc([131I])c24)C3)CCN1C(=O)C=C. The molecule has 12 heteroatoms. The Kier molecular flexibility index (Phi) is 8.80. The van der Waals surface area contributed by atoms with Crippen molar-refractivity contribution in [3.8, 4) is 11.8 Å². The number of carbonyl (C=O) groups excluding carboxylic acids is 1. The molecular weight excluding hydrogens is 677 g/mol. The summed E-state index contributed by atoms with van der Waals surface area (Å²) in [4.78, 5) is 34.2. The van der Waals surface area contributed by atoms with Crippen molar-refractivity contribution >= 4 is 50.8 Å². The van der Waals surface area contributed by atoms with Crippen LogP contribution in [0.5, 0.6) is 11.8 Å². The number of aromatic hydroxyl groups is 1. The molecule has 0 radical (unpaired) electrons. The molecule has 2 saturated heterocycles. The van der Waals surface area contributed by atoms with E-state index in [1.165, 1.54) is 6.08 Å². The number of hydrogen-bond acceptors (Lipinski definition) is 9. The predicted molar refractivity (Wildman–Crippen MR) is 177 cm³/mol. The standard InChI is InChI=1S/C32H36IN7O4/c1-4-29(43)40-11-10-39(16-22(40)15-34-2)31-25-8-9-38(28-14-23(41)12-20-6-5-7-26(33)30(20)28)18-27(25)35-32(36-31)44-19-21-13-24(42)17-37(21)3/h4-7,12,14,21-22,24,41-42H,1,8-11,13,15-19H2,3H3/t21-,22-,24?/m0/s1/i33+4. The first-order valence-corrected chi connectivity index (χ1v) is 15.9. The van der Waals surface area contributed by atoms with Crippen molar-refractivity contribution in [3.63, 3.8) is 0 Å². The number of aliphatic hydroxyl groups excluding tert-OH is 1. The molecule has 0 bridgehead atoms. The molecule has 2 N–H and O–H groups in total. The third kappa shape index (κ3) is 6.00. The lowest BCUT2D eigenvalue weighted by molar-refractivity contribution is -0.128. The highest BCUT2D eigenvalue weighted by Crippen LogP contribution is 2.38. The predicted octanol–water partition coefficient (Wildman–Crippen LogP) is 3.07. The maximum atomic E-state index is 12.5. The van der Waals surface area contributed by atoms with Gasteiger partial charge in [-0.1, -0.05) is 18.7 Å². The first-order valence-electron chi connectivity index (χ1n) is 14.8. The Labute approximate surface area is 270 Å². The van der Waals surface area contributed by atoms with Crippen LogP contribution in [0.4, 0.5) is 11.5 Å². The summed E-state index contributed by atoms with van der Waals surface area (Å²) >= 11 is 2.34. The second-order valence-electron chi connectivity index (χ2n) is 11.7. The van der Waals surface area contributed by atoms with Gasteiger partial charge in [0.1, 0.15) is 24.2 Å². The minimum Gasteiger partial charge on any atom is -0.508 e. The summed E-state index contributed by atoms with van der Waals surface area (Å²) in [7, 11) is 1.98. The normalized spacial score (nSPS) is 22.1. The van der Waals surface area contributed by atoms with Crippen LogP contribution in [0.25, 0.3) is 15.6 Å². The first-order chi connectivity index (χ1) is 21.2. The van der Waals surface area contributed by atoms with Crippen LogP contribution in [0, 0.1) is 10.1 Å². The zero-order valence-corrected chi connectivity index (χ0v) is 26.9. The van der Waals surface area contributed by atoms with E-state index in [9.17, 15) is 15.0 Å². The number of likely N-dealkylation sites (tertiary alicyclic amines) is 1. The van der Waals surface area contributed by atoms with E-state index in [1.807, 2.05) is 25.2 Å². The highest BCUT2D eigenvalue weighted by atomic mass is 131. The summed E-state index contributed by atoms with van der Waals surface area (Å²) < 4.78 is 7.32. The van der Waals surface area contributed by atoms with Crippen LogP contribution >= 0.6 is 22.6 Å². The van der Waals surface area contributed by atoms with Gasteiger partial charge in [-0.3, -0.25) is 9.69 Å². The average molecular weight is 714 g/mol. The van der Waals surface area contributed by atoms with Gasteiger partial charge in [-0.05, 0) is 66.1 Å². The van der Waals surface area contributed by atoms with Crippen LogP contribution in [0.3, 0.4) is 0 Å². The zero-order valence-electron chi connectivity index (χ0n) is 24.7. The quantitative estimate of drug-likeness (QED) is 0.217. The van der Waals surface area contributed by atoms with Gasteiger partial charge in [0.05, 0.1) is 18.3 Å². The van der Waals surface area contributed by atoms with E-state index >= 15 is 0 Å². The largest absolute Gasteiger partial charge is 0.508 e. The van der Waals surface area contributed by atoms with Crippen molar-refractivity contribution in [2.75, 3.05) is 62.7 Å². The highest BCUT2D eigenvalue weighted by molar-refractivity contribution is 14.1. The number of rotatable bonds is 7. The lowest BCUT2D eigenvalue weighted by Crippen LogP contribution is -2.56. The number of amides is 1. The second-order valence-corrected chi connectivity index (χ2v) is 12.9. The van der Waals surface area contributed by atoms with Gasteiger partial charge in [0, 0.05) is 65.0 Å². The minimum absolute atomic E-state index is 0.0572. The number of nitrogens with zero attached hydrogens (tertiary/aromatic N) is 7. The van der Waals surface area contributed by atoms with Crippen LogP contribution in [0.15, 0.2) is 43.0 Å². The number of aliphatic hydroxyl groups is 1. The van der Waals surface area contributed by atoms with Crippen molar-refractivity contribution in [2.45, 2.75) is 37.6 Å². The van der Waals surface area contributed by atoms with Gasteiger partial charge in [0.2, 0.25) is 12.5 Å². The van der Waals surface area contributed by atoms with Gasteiger partial charge >= 0.3 is 6.01 Å². The van der Waals surface area contributed by atoms with Gasteiger partial charge in [-0.15, -0.1) is 0 Å². The lowest BCUT2D eigenvalue weighted by Gasteiger charge is -2.41. The van der Waals surface area contributed by atoms with E-state index in [0.29, 0.717) is 58.7 Å². The van der Waals surface area contributed by atoms with E-state index < -0.39 is 0 Å². The lowest BCUT2D eigenvalue weighted by atomic mass is 10.0. The number of phenolic OH excluding ortho intramolecular Hbond substituents is 1. The number of anilines is 2. The number of β-amino-alcohol motifs (C(OH)–C–C–N with tert-alkyl or cyclic N) is 1. The number of aromatic nitrogens is 2. The molecule has 4 heterocycles. The molecule has 3 aliphatic heterocycles. The summed E-state index contributed by atoms with van der Waals surface area (Å²) in [6.45, 7) is 15.0. The highest BCUT2D eigenvalue weighted by Gasteiger charge is 2.35. The summed E-state index contributed by atoms with van der Waals surface area (Å²) in [6, 6.07) is 9.74. The van der Waals surface area contributed by atoms with Crippen molar-refractivity contribution in [2.24, 2.45) is 0 Å². The van der Waals surface area contributed by atoms with E-state index in [1.54, 1.807) is 11.0 Å². The minimum atomic E-state index is -0.379. The Balaban J connectivity index is 1.35. The number of piperazine rings is 1. The molecule has 2 aromatic carbocycles. The molecular formula is C32H36IN7O4. The summed E-state index contributed by atoms with van der Waals surface area (Å²) in [5, 5.41) is 22.8. The summed E-state index contributed by atoms with van der Waals surface area (Å²) in [6.07, 6.45) is 2.24. The molecule has 3 aliphatic rings. The van der Waals surface area contributed by atoms with E-state index in [-0.39, 0.29) is 42.4 Å². The smallest absolute Gasteiger partial charge is 0.318 e. The monoisotopic (exact) mass is 713 g/mol. The molecule has 6 rings (SSSR count). The zero-order chi connectivity index (χ0) is 31.0. The van der Waals surface area contributed by atoms with Gasteiger partial charge in [0.25, 0.3) is 0 Å². The van der Waals surface area contributed by atoms with Crippen LogP contribution < -0.4 is 14.5 Å². The fraction of sp³-hybridized carbons (Fsp3) is 0.438. The van der Waals surface area contributed by atoms with Crippen molar-refractivity contribution in [1.82, 2.24) is 19.8 Å². The number of benzene rings is 2. The molecule has 1 amide bonds. The third-order valence-corrected chi connectivity index (χ3v) is 9.77. The number of phenols is 1. The molecule has 44 heavy (non-hydrogen) atoms. The van der Waals surface area contributed by atoms with Crippen LogP contribution in [-0.2, 0) is 17.8 Å². The fourth-order valence-electron chi connectivity index (χ4n) is 6.65. The number of likely N-dealkylation sites (N-methyl/N-ethyl adjacent to an activating group) is 1.